The average molecular weight is 339 g/mol. The van der Waals surface area contributed by atoms with Gasteiger partial charge in [0.15, 0.2) is 0 Å². The predicted molar refractivity (Wildman–Crippen MR) is 81.2 cm³/mol. The minimum Gasteiger partial charge on any atom is -0.365 e. The zero-order chi connectivity index (χ0) is 16.4. The van der Waals surface area contributed by atoms with Crippen LogP contribution in [0.2, 0.25) is 0 Å². The van der Waals surface area contributed by atoms with Crippen LogP contribution in [0.3, 0.4) is 0 Å². The van der Waals surface area contributed by atoms with Crippen LogP contribution in [0.1, 0.15) is 24.1 Å². The van der Waals surface area contributed by atoms with E-state index in [9.17, 15) is 13.2 Å². The molecule has 9 heteroatoms. The van der Waals surface area contributed by atoms with Gasteiger partial charge in [-0.05, 0) is 11.4 Å². The van der Waals surface area contributed by atoms with E-state index in [0.717, 1.165) is 22.6 Å². The van der Waals surface area contributed by atoms with Gasteiger partial charge in [-0.3, -0.25) is 0 Å². The largest absolute Gasteiger partial charge is 0.451 e. The lowest BCUT2D eigenvalue weighted by molar-refractivity contribution is -0.145. The molecule has 0 unspecified atom stereocenters. The van der Waals surface area contributed by atoms with Gasteiger partial charge in [0.25, 0.3) is 0 Å². The van der Waals surface area contributed by atoms with E-state index in [2.05, 4.69) is 25.3 Å². The summed E-state index contributed by atoms with van der Waals surface area (Å²) in [5, 5.41) is 5.93. The maximum Gasteiger partial charge on any atom is 0.451 e. The summed E-state index contributed by atoms with van der Waals surface area (Å²) >= 11 is 1.52. The third-order valence-corrected chi connectivity index (χ3v) is 3.91. The van der Waals surface area contributed by atoms with Crippen LogP contribution in [0.4, 0.5) is 19.0 Å². The molecule has 0 aliphatic heterocycles. The molecule has 0 spiro atoms. The van der Waals surface area contributed by atoms with Gasteiger partial charge in [-0.15, -0.1) is 11.3 Å². The second-order valence-electron chi connectivity index (χ2n) is 4.75. The molecule has 0 aliphatic carbocycles. The zero-order valence-corrected chi connectivity index (χ0v) is 12.9. The summed E-state index contributed by atoms with van der Waals surface area (Å²) in [5.74, 6) is 0.232. The number of hydrogen-bond donors (Lipinski definition) is 1. The third kappa shape index (κ3) is 3.39. The van der Waals surface area contributed by atoms with Crippen molar-refractivity contribution in [3.63, 3.8) is 0 Å². The molecule has 0 fully saturated rings. The van der Waals surface area contributed by atoms with Gasteiger partial charge < -0.3 is 5.32 Å². The van der Waals surface area contributed by atoms with Crippen LogP contribution in [0, 0.1) is 0 Å². The van der Waals surface area contributed by atoms with Gasteiger partial charge in [0.1, 0.15) is 16.5 Å². The summed E-state index contributed by atoms with van der Waals surface area (Å²) in [4.78, 5) is 16.4. The average Bonchev–Trinajstić information content (AvgIpc) is 3.00. The summed E-state index contributed by atoms with van der Waals surface area (Å²) in [6, 6.07) is 1.91. The fourth-order valence-electron chi connectivity index (χ4n) is 1.97. The number of aromatic nitrogens is 4. The summed E-state index contributed by atoms with van der Waals surface area (Å²) in [6.45, 7) is 2.24. The lowest BCUT2D eigenvalue weighted by Crippen LogP contribution is -2.12. The molecule has 23 heavy (non-hydrogen) atoms. The van der Waals surface area contributed by atoms with Gasteiger partial charge in [0.05, 0.1) is 5.39 Å². The van der Waals surface area contributed by atoms with E-state index in [1.807, 2.05) is 18.4 Å². The Morgan fingerprint density at radius 3 is 2.57 bits per heavy atom. The highest BCUT2D eigenvalue weighted by molar-refractivity contribution is 7.16. The molecule has 1 N–H and O–H groups in total. The molecule has 3 aromatic heterocycles. The Morgan fingerprint density at radius 1 is 1.17 bits per heavy atom. The highest BCUT2D eigenvalue weighted by atomic mass is 32.1. The third-order valence-electron chi connectivity index (χ3n) is 3.11. The molecule has 0 amide bonds. The highest BCUT2D eigenvalue weighted by Gasteiger charge is 2.34. The van der Waals surface area contributed by atoms with E-state index in [-0.39, 0.29) is 6.54 Å². The van der Waals surface area contributed by atoms with E-state index in [1.54, 1.807) is 0 Å². The number of thiophene rings is 1. The van der Waals surface area contributed by atoms with E-state index in [4.69, 9.17) is 0 Å². The Kier molecular flexibility index (Phi) is 4.12. The molecule has 3 rings (SSSR count). The SMILES string of the molecule is CCc1nc(NCc2cnc(C(F)(F)F)nc2)c2ccsc2n1. The van der Waals surface area contributed by atoms with Crippen molar-refractivity contribution in [2.24, 2.45) is 0 Å². The van der Waals surface area contributed by atoms with E-state index in [0.29, 0.717) is 23.6 Å². The van der Waals surface area contributed by atoms with Gasteiger partial charge >= 0.3 is 6.18 Å². The molecule has 0 saturated heterocycles. The minimum absolute atomic E-state index is 0.281. The number of nitrogens with zero attached hydrogens (tertiary/aromatic N) is 4. The van der Waals surface area contributed by atoms with Crippen LogP contribution in [-0.2, 0) is 19.1 Å². The molecular weight excluding hydrogens is 327 g/mol. The molecule has 0 radical (unpaired) electrons. The van der Waals surface area contributed by atoms with Crippen molar-refractivity contribution >= 4 is 27.4 Å². The number of anilines is 1. The molecule has 3 aromatic rings. The number of fused-ring (bicyclic) bond motifs is 1. The standard InChI is InChI=1S/C14H12F3N5S/c1-2-10-21-11(9-3-4-23-12(9)22-10)18-5-8-6-19-13(20-7-8)14(15,16)17/h3-4,6-7H,2,5H2,1H3,(H,18,21,22). The molecule has 5 nitrogen and oxygen atoms in total. The molecule has 0 bridgehead atoms. The number of alkyl halides is 3. The van der Waals surface area contributed by atoms with Gasteiger partial charge in [-0.1, -0.05) is 6.92 Å². The fourth-order valence-corrected chi connectivity index (χ4v) is 2.75. The van der Waals surface area contributed by atoms with Crippen molar-refractivity contribution in [2.75, 3.05) is 5.32 Å². The van der Waals surface area contributed by atoms with Crippen LogP contribution < -0.4 is 5.32 Å². The first kappa shape index (κ1) is 15.6. The number of rotatable bonds is 4. The van der Waals surface area contributed by atoms with Crippen molar-refractivity contribution in [1.82, 2.24) is 19.9 Å². The second-order valence-corrected chi connectivity index (χ2v) is 5.64. The topological polar surface area (TPSA) is 63.6 Å². The second kappa shape index (κ2) is 6.07. The Hall–Kier alpha value is -2.29. The van der Waals surface area contributed by atoms with Crippen LogP contribution in [0.5, 0.6) is 0 Å². The van der Waals surface area contributed by atoms with Crippen molar-refractivity contribution in [2.45, 2.75) is 26.1 Å². The maximum absolute atomic E-state index is 12.4. The molecule has 3 heterocycles. The number of aryl methyl sites for hydroxylation is 1. The highest BCUT2D eigenvalue weighted by Crippen LogP contribution is 2.27. The summed E-state index contributed by atoms with van der Waals surface area (Å²) in [5.41, 5.74) is 0.540. The van der Waals surface area contributed by atoms with Crippen LogP contribution >= 0.6 is 11.3 Å². The summed E-state index contributed by atoms with van der Waals surface area (Å²) in [6.07, 6.45) is -1.51. The van der Waals surface area contributed by atoms with E-state index >= 15 is 0 Å². The predicted octanol–water partition coefficient (Wildman–Crippen LogP) is 3.67. The van der Waals surface area contributed by atoms with Crippen LogP contribution in [0.25, 0.3) is 10.2 Å². The zero-order valence-electron chi connectivity index (χ0n) is 12.1. The first-order valence-electron chi connectivity index (χ1n) is 6.83. The van der Waals surface area contributed by atoms with Crippen LogP contribution in [-0.4, -0.2) is 19.9 Å². The molecule has 0 aromatic carbocycles. The van der Waals surface area contributed by atoms with Gasteiger partial charge in [-0.25, -0.2) is 19.9 Å². The van der Waals surface area contributed by atoms with Crippen molar-refractivity contribution in [3.8, 4) is 0 Å². The van der Waals surface area contributed by atoms with Gasteiger partial charge in [0, 0.05) is 30.9 Å². The number of nitrogens with one attached hydrogen (secondary N) is 1. The van der Waals surface area contributed by atoms with Crippen LogP contribution in [0.15, 0.2) is 23.8 Å². The Balaban J connectivity index is 1.79. The number of halogens is 3. The molecule has 0 saturated carbocycles. The fraction of sp³-hybridized carbons (Fsp3) is 0.286. The summed E-state index contributed by atoms with van der Waals surface area (Å²) in [7, 11) is 0. The lowest BCUT2D eigenvalue weighted by atomic mass is 10.3. The lowest BCUT2D eigenvalue weighted by Gasteiger charge is -2.09. The summed E-state index contributed by atoms with van der Waals surface area (Å²) < 4.78 is 37.3. The number of hydrogen-bond acceptors (Lipinski definition) is 6. The molecular formula is C14H12F3N5S. The smallest absolute Gasteiger partial charge is 0.365 e. The minimum atomic E-state index is -4.53. The van der Waals surface area contributed by atoms with Crippen molar-refractivity contribution in [3.05, 3.63) is 41.1 Å². The van der Waals surface area contributed by atoms with Gasteiger partial charge in [-0.2, -0.15) is 13.2 Å². The molecule has 0 aliphatic rings. The Labute approximate surface area is 133 Å². The Bertz CT molecular complexity index is 813. The molecule has 0 atom stereocenters. The van der Waals surface area contributed by atoms with Crippen molar-refractivity contribution in [1.29, 1.82) is 0 Å². The Morgan fingerprint density at radius 2 is 1.91 bits per heavy atom. The van der Waals surface area contributed by atoms with Gasteiger partial charge in [0.2, 0.25) is 5.82 Å². The first-order valence-corrected chi connectivity index (χ1v) is 7.71. The first-order chi connectivity index (χ1) is 11.0. The quantitative estimate of drug-likeness (QED) is 0.786. The van der Waals surface area contributed by atoms with E-state index in [1.165, 1.54) is 11.3 Å². The van der Waals surface area contributed by atoms with Crippen molar-refractivity contribution < 1.29 is 13.2 Å². The normalized spacial score (nSPS) is 11.8. The van der Waals surface area contributed by atoms with E-state index < -0.39 is 12.0 Å². The monoisotopic (exact) mass is 339 g/mol. The maximum atomic E-state index is 12.4. The molecule has 120 valence electrons.